The Morgan fingerprint density at radius 2 is 2.42 bits per heavy atom. The molecule has 0 spiro atoms. The van der Waals surface area contributed by atoms with Gasteiger partial charge in [0.15, 0.2) is 0 Å². The van der Waals surface area contributed by atoms with Gasteiger partial charge in [-0.3, -0.25) is 4.68 Å². The number of alkyl halides is 1. The molecule has 0 aromatic carbocycles. The van der Waals surface area contributed by atoms with Gasteiger partial charge in [-0.1, -0.05) is 6.92 Å². The molecule has 1 aromatic rings. The van der Waals surface area contributed by atoms with Crippen molar-refractivity contribution in [1.29, 1.82) is 0 Å². The molecule has 68 valence electrons. The largest absolute Gasteiger partial charge is 0.253 e. The van der Waals surface area contributed by atoms with Crippen molar-refractivity contribution in [3.8, 4) is 0 Å². The van der Waals surface area contributed by atoms with Gasteiger partial charge < -0.3 is 0 Å². The Labute approximate surface area is 77.8 Å². The fourth-order valence-electron chi connectivity index (χ4n) is 1.04. The Morgan fingerprint density at radius 1 is 1.67 bits per heavy atom. The van der Waals surface area contributed by atoms with Gasteiger partial charge in [0, 0.05) is 18.8 Å². The van der Waals surface area contributed by atoms with Crippen molar-refractivity contribution in [1.82, 2.24) is 14.8 Å². The Hall–Kier alpha value is -0.570. The molecule has 0 aliphatic rings. The maximum absolute atomic E-state index is 5.98. The quantitative estimate of drug-likeness (QED) is 0.673. The van der Waals surface area contributed by atoms with E-state index in [1.54, 1.807) is 11.0 Å². The smallest absolute Gasteiger partial charge is 0.138 e. The van der Waals surface area contributed by atoms with Crippen LogP contribution in [0.2, 0.25) is 0 Å². The summed E-state index contributed by atoms with van der Waals surface area (Å²) < 4.78 is 1.79. The molecule has 0 saturated carbocycles. The van der Waals surface area contributed by atoms with Gasteiger partial charge in [0.1, 0.15) is 12.2 Å². The van der Waals surface area contributed by atoms with Crippen molar-refractivity contribution >= 4 is 11.6 Å². The van der Waals surface area contributed by atoms with Crippen molar-refractivity contribution in [3.63, 3.8) is 0 Å². The van der Waals surface area contributed by atoms with Gasteiger partial charge in [-0.25, -0.2) is 4.98 Å². The van der Waals surface area contributed by atoms with Crippen molar-refractivity contribution < 1.29 is 0 Å². The van der Waals surface area contributed by atoms with Crippen molar-refractivity contribution in [2.75, 3.05) is 0 Å². The van der Waals surface area contributed by atoms with Crippen LogP contribution in [0.25, 0.3) is 0 Å². The van der Waals surface area contributed by atoms with E-state index in [1.807, 2.05) is 7.05 Å². The highest BCUT2D eigenvalue weighted by Gasteiger charge is 2.04. The van der Waals surface area contributed by atoms with Crippen molar-refractivity contribution in [2.45, 2.75) is 31.6 Å². The van der Waals surface area contributed by atoms with Crippen molar-refractivity contribution in [2.24, 2.45) is 7.05 Å². The predicted molar refractivity (Wildman–Crippen MR) is 49.3 cm³/mol. The fraction of sp³-hybridized carbons (Fsp3) is 0.750. The summed E-state index contributed by atoms with van der Waals surface area (Å²) >= 11 is 5.98. The summed E-state index contributed by atoms with van der Waals surface area (Å²) in [5.74, 6) is 1.01. The molecule has 1 heterocycles. The minimum atomic E-state index is 0.265. The van der Waals surface area contributed by atoms with E-state index in [1.165, 1.54) is 0 Å². The van der Waals surface area contributed by atoms with Gasteiger partial charge in [0.05, 0.1) is 0 Å². The maximum atomic E-state index is 5.98. The second kappa shape index (κ2) is 4.45. The molecule has 1 atom stereocenters. The Bertz CT molecular complexity index is 234. The lowest BCUT2D eigenvalue weighted by Crippen LogP contribution is -2.04. The first-order chi connectivity index (χ1) is 5.74. The number of rotatable bonds is 4. The molecule has 12 heavy (non-hydrogen) atoms. The molecular weight excluding hydrogens is 174 g/mol. The van der Waals surface area contributed by atoms with E-state index in [0.29, 0.717) is 0 Å². The Morgan fingerprint density at radius 3 is 2.92 bits per heavy atom. The molecule has 0 radical (unpaired) electrons. The average Bonchev–Trinajstić information content (AvgIpc) is 2.47. The molecule has 0 fully saturated rings. The standard InChI is InChI=1S/C8H14ClN3/c1-3-7(9)4-5-8-10-6-11-12(8)2/h6-7H,3-5H2,1-2H3. The molecule has 0 amide bonds. The zero-order chi connectivity index (χ0) is 8.97. The predicted octanol–water partition coefficient (Wildman–Crippen LogP) is 1.77. The minimum Gasteiger partial charge on any atom is -0.253 e. The number of halogens is 1. The highest BCUT2D eigenvalue weighted by Crippen LogP contribution is 2.09. The van der Waals surface area contributed by atoms with E-state index < -0.39 is 0 Å². The number of nitrogens with zero attached hydrogens (tertiary/aromatic N) is 3. The summed E-state index contributed by atoms with van der Waals surface area (Å²) in [5, 5.41) is 4.25. The number of hydrogen-bond donors (Lipinski definition) is 0. The monoisotopic (exact) mass is 187 g/mol. The molecule has 1 rings (SSSR count). The molecular formula is C8H14ClN3. The number of aromatic nitrogens is 3. The third-order valence-electron chi connectivity index (χ3n) is 1.93. The molecule has 1 unspecified atom stereocenters. The van der Waals surface area contributed by atoms with Crippen LogP contribution in [0.4, 0.5) is 0 Å². The van der Waals surface area contributed by atoms with Crippen LogP contribution in [-0.4, -0.2) is 20.1 Å². The van der Waals surface area contributed by atoms with Crippen LogP contribution < -0.4 is 0 Å². The zero-order valence-corrected chi connectivity index (χ0v) is 8.25. The average molecular weight is 188 g/mol. The highest BCUT2D eigenvalue weighted by molar-refractivity contribution is 6.20. The minimum absolute atomic E-state index is 0.265. The fourth-order valence-corrected chi connectivity index (χ4v) is 1.15. The molecule has 0 saturated heterocycles. The van der Waals surface area contributed by atoms with Crippen LogP contribution in [0.1, 0.15) is 25.6 Å². The van der Waals surface area contributed by atoms with E-state index in [2.05, 4.69) is 17.0 Å². The van der Waals surface area contributed by atoms with Crippen LogP contribution in [0.3, 0.4) is 0 Å². The lowest BCUT2D eigenvalue weighted by atomic mass is 10.2. The molecule has 0 aliphatic carbocycles. The molecule has 3 nitrogen and oxygen atoms in total. The molecule has 1 aromatic heterocycles. The van der Waals surface area contributed by atoms with Gasteiger partial charge in [-0.2, -0.15) is 5.10 Å². The summed E-state index contributed by atoms with van der Waals surface area (Å²) in [4.78, 5) is 4.12. The Balaban J connectivity index is 2.38. The van der Waals surface area contributed by atoms with Gasteiger partial charge in [-0.15, -0.1) is 11.6 Å². The lowest BCUT2D eigenvalue weighted by molar-refractivity contribution is 0.647. The van der Waals surface area contributed by atoms with Crippen molar-refractivity contribution in [3.05, 3.63) is 12.2 Å². The first-order valence-corrected chi connectivity index (χ1v) is 4.64. The second-order valence-corrected chi connectivity index (χ2v) is 3.46. The molecule has 0 aliphatic heterocycles. The van der Waals surface area contributed by atoms with Crippen LogP contribution in [0.15, 0.2) is 6.33 Å². The van der Waals surface area contributed by atoms with E-state index in [0.717, 1.165) is 25.1 Å². The topological polar surface area (TPSA) is 30.7 Å². The van der Waals surface area contributed by atoms with E-state index >= 15 is 0 Å². The third kappa shape index (κ3) is 2.48. The van der Waals surface area contributed by atoms with E-state index in [9.17, 15) is 0 Å². The van der Waals surface area contributed by atoms with Crippen LogP contribution in [0.5, 0.6) is 0 Å². The van der Waals surface area contributed by atoms with Crippen LogP contribution in [-0.2, 0) is 13.5 Å². The summed E-state index contributed by atoms with van der Waals surface area (Å²) in [7, 11) is 1.90. The summed E-state index contributed by atoms with van der Waals surface area (Å²) in [5.41, 5.74) is 0. The summed E-state index contributed by atoms with van der Waals surface area (Å²) in [6, 6.07) is 0. The van der Waals surface area contributed by atoms with Gasteiger partial charge in [-0.05, 0) is 12.8 Å². The first kappa shape index (κ1) is 9.52. The van der Waals surface area contributed by atoms with Gasteiger partial charge in [0.25, 0.3) is 0 Å². The molecule has 0 bridgehead atoms. The van der Waals surface area contributed by atoms with Gasteiger partial charge >= 0.3 is 0 Å². The summed E-state index contributed by atoms with van der Waals surface area (Å²) in [6.45, 7) is 2.09. The molecule has 4 heteroatoms. The van der Waals surface area contributed by atoms with Crippen LogP contribution >= 0.6 is 11.6 Å². The van der Waals surface area contributed by atoms with Gasteiger partial charge in [0.2, 0.25) is 0 Å². The Kier molecular flexibility index (Phi) is 3.53. The van der Waals surface area contributed by atoms with E-state index in [4.69, 9.17) is 11.6 Å². The normalized spacial score (nSPS) is 13.2. The lowest BCUT2D eigenvalue weighted by Gasteiger charge is -2.04. The number of aryl methyl sites for hydroxylation is 2. The van der Waals surface area contributed by atoms with E-state index in [-0.39, 0.29) is 5.38 Å². The maximum Gasteiger partial charge on any atom is 0.138 e. The number of hydrogen-bond acceptors (Lipinski definition) is 2. The summed E-state index contributed by atoms with van der Waals surface area (Å²) in [6.07, 6.45) is 4.48. The zero-order valence-electron chi connectivity index (χ0n) is 7.50. The third-order valence-corrected chi connectivity index (χ3v) is 2.46. The highest BCUT2D eigenvalue weighted by atomic mass is 35.5. The first-order valence-electron chi connectivity index (χ1n) is 4.21. The SMILES string of the molecule is CCC(Cl)CCc1ncnn1C. The second-order valence-electron chi connectivity index (χ2n) is 2.84. The molecule has 0 N–H and O–H groups in total. The van der Waals surface area contributed by atoms with Crippen LogP contribution in [0, 0.1) is 0 Å².